The maximum atomic E-state index is 5.83. The molecule has 0 bridgehead atoms. The van der Waals surface area contributed by atoms with Crippen molar-refractivity contribution in [1.29, 1.82) is 0 Å². The maximum absolute atomic E-state index is 5.83. The van der Waals surface area contributed by atoms with E-state index in [4.69, 9.17) is 4.74 Å². The van der Waals surface area contributed by atoms with Crippen LogP contribution >= 0.6 is 11.3 Å². The van der Waals surface area contributed by atoms with Crippen molar-refractivity contribution >= 4 is 11.3 Å². The molecule has 0 spiro atoms. The van der Waals surface area contributed by atoms with Crippen molar-refractivity contribution in [2.24, 2.45) is 0 Å². The second kappa shape index (κ2) is 7.26. The largest absolute Gasteiger partial charge is 0.477 e. The molecule has 4 heteroatoms. The van der Waals surface area contributed by atoms with Crippen molar-refractivity contribution in [2.75, 3.05) is 13.2 Å². The molecule has 0 saturated heterocycles. The van der Waals surface area contributed by atoms with Gasteiger partial charge < -0.3 is 10.1 Å². The van der Waals surface area contributed by atoms with Gasteiger partial charge >= 0.3 is 0 Å². The molecule has 102 valence electrons. The smallest absolute Gasteiger partial charge is 0.218 e. The topological polar surface area (TPSA) is 34.2 Å². The minimum atomic E-state index is 0.260. The van der Waals surface area contributed by atoms with E-state index in [1.54, 1.807) is 17.5 Å². The van der Waals surface area contributed by atoms with Crippen LogP contribution in [0.4, 0.5) is 0 Å². The van der Waals surface area contributed by atoms with E-state index in [1.807, 2.05) is 6.07 Å². The second-order valence-electron chi connectivity index (χ2n) is 4.35. The van der Waals surface area contributed by atoms with Crippen molar-refractivity contribution in [3.05, 3.63) is 46.3 Å². The Bertz CT molecular complexity index is 485. The minimum absolute atomic E-state index is 0.260. The summed E-state index contributed by atoms with van der Waals surface area (Å²) in [6.45, 7) is 5.84. The highest BCUT2D eigenvalue weighted by atomic mass is 32.1. The maximum Gasteiger partial charge on any atom is 0.218 e. The fourth-order valence-corrected chi connectivity index (χ4v) is 2.66. The van der Waals surface area contributed by atoms with Gasteiger partial charge in [-0.1, -0.05) is 19.1 Å². The molecule has 1 unspecified atom stereocenters. The molecule has 0 aliphatic rings. The predicted molar refractivity (Wildman–Crippen MR) is 79.8 cm³/mol. The lowest BCUT2D eigenvalue weighted by Gasteiger charge is -2.16. The SMILES string of the molecule is CCNC(C)c1cccnc1OCCc1cccs1. The molecular formula is C15H20N2OS. The van der Waals surface area contributed by atoms with Crippen LogP contribution in [0.2, 0.25) is 0 Å². The van der Waals surface area contributed by atoms with Gasteiger partial charge in [0, 0.05) is 29.1 Å². The van der Waals surface area contributed by atoms with Gasteiger partial charge in [0.1, 0.15) is 0 Å². The van der Waals surface area contributed by atoms with Crippen molar-refractivity contribution in [3.63, 3.8) is 0 Å². The molecule has 19 heavy (non-hydrogen) atoms. The van der Waals surface area contributed by atoms with Gasteiger partial charge in [-0.15, -0.1) is 11.3 Å². The number of nitrogens with one attached hydrogen (secondary N) is 1. The van der Waals surface area contributed by atoms with E-state index in [1.165, 1.54) is 4.88 Å². The van der Waals surface area contributed by atoms with E-state index in [-0.39, 0.29) is 6.04 Å². The quantitative estimate of drug-likeness (QED) is 0.841. The molecule has 0 aliphatic carbocycles. The fraction of sp³-hybridized carbons (Fsp3) is 0.400. The van der Waals surface area contributed by atoms with E-state index in [2.05, 4.69) is 47.7 Å². The van der Waals surface area contributed by atoms with Crippen LogP contribution in [0.3, 0.4) is 0 Å². The third-order valence-corrected chi connectivity index (χ3v) is 3.88. The Kier molecular flexibility index (Phi) is 5.36. The standard InChI is InChI=1S/C15H20N2OS/c1-3-16-12(2)14-7-4-9-17-15(14)18-10-8-13-6-5-11-19-13/h4-7,9,11-12,16H,3,8,10H2,1-2H3. The Hall–Kier alpha value is -1.39. The first kappa shape index (κ1) is 14.0. The Morgan fingerprint density at radius 3 is 3.00 bits per heavy atom. The van der Waals surface area contributed by atoms with E-state index < -0.39 is 0 Å². The molecule has 2 aromatic rings. The van der Waals surface area contributed by atoms with E-state index in [0.717, 1.165) is 24.4 Å². The lowest BCUT2D eigenvalue weighted by molar-refractivity contribution is 0.303. The lowest BCUT2D eigenvalue weighted by Crippen LogP contribution is -2.19. The highest BCUT2D eigenvalue weighted by Gasteiger charge is 2.11. The van der Waals surface area contributed by atoms with Crippen molar-refractivity contribution in [1.82, 2.24) is 10.3 Å². The zero-order valence-corrected chi connectivity index (χ0v) is 12.2. The number of hydrogen-bond donors (Lipinski definition) is 1. The first-order valence-corrected chi connectivity index (χ1v) is 7.52. The molecule has 1 atom stereocenters. The molecule has 0 amide bonds. The van der Waals surface area contributed by atoms with Gasteiger partial charge in [-0.3, -0.25) is 0 Å². The van der Waals surface area contributed by atoms with Crippen LogP contribution in [0.1, 0.15) is 30.3 Å². The number of pyridine rings is 1. The van der Waals surface area contributed by atoms with Crippen molar-refractivity contribution in [3.8, 4) is 5.88 Å². The Morgan fingerprint density at radius 1 is 1.37 bits per heavy atom. The molecule has 0 aromatic carbocycles. The first-order chi connectivity index (χ1) is 9.31. The molecule has 0 radical (unpaired) electrons. The summed E-state index contributed by atoms with van der Waals surface area (Å²) in [7, 11) is 0. The lowest BCUT2D eigenvalue weighted by atomic mass is 10.1. The van der Waals surface area contributed by atoms with Gasteiger partial charge in [0.15, 0.2) is 0 Å². The molecule has 0 fully saturated rings. The van der Waals surface area contributed by atoms with Gasteiger partial charge in [-0.2, -0.15) is 0 Å². The summed E-state index contributed by atoms with van der Waals surface area (Å²) in [6, 6.07) is 8.49. The average Bonchev–Trinajstić information content (AvgIpc) is 2.93. The number of ether oxygens (including phenoxy) is 1. The van der Waals surface area contributed by atoms with Crippen LogP contribution in [0, 0.1) is 0 Å². The van der Waals surface area contributed by atoms with Gasteiger partial charge in [0.05, 0.1) is 6.61 Å². The number of hydrogen-bond acceptors (Lipinski definition) is 4. The predicted octanol–water partition coefficient (Wildman–Crippen LogP) is 3.44. The fourth-order valence-electron chi connectivity index (χ4n) is 1.97. The third kappa shape index (κ3) is 4.04. The van der Waals surface area contributed by atoms with Crippen molar-refractivity contribution in [2.45, 2.75) is 26.3 Å². The van der Waals surface area contributed by atoms with Gasteiger partial charge in [0.25, 0.3) is 0 Å². The van der Waals surface area contributed by atoms with E-state index in [0.29, 0.717) is 6.61 Å². The Balaban J connectivity index is 1.95. The summed E-state index contributed by atoms with van der Waals surface area (Å²) in [5.74, 6) is 0.743. The zero-order valence-electron chi connectivity index (χ0n) is 11.4. The van der Waals surface area contributed by atoms with Gasteiger partial charge in [-0.25, -0.2) is 4.98 Å². The number of rotatable bonds is 7. The molecule has 1 N–H and O–H groups in total. The molecule has 2 rings (SSSR count). The first-order valence-electron chi connectivity index (χ1n) is 6.64. The second-order valence-corrected chi connectivity index (χ2v) is 5.39. The molecule has 0 aliphatic heterocycles. The van der Waals surface area contributed by atoms with E-state index >= 15 is 0 Å². The Morgan fingerprint density at radius 2 is 2.26 bits per heavy atom. The van der Waals surface area contributed by atoms with Crippen LogP contribution in [-0.4, -0.2) is 18.1 Å². The highest BCUT2D eigenvalue weighted by Crippen LogP contribution is 2.22. The summed E-state index contributed by atoms with van der Waals surface area (Å²) < 4.78 is 5.83. The number of thiophene rings is 1. The third-order valence-electron chi connectivity index (χ3n) is 2.94. The summed E-state index contributed by atoms with van der Waals surface area (Å²) in [4.78, 5) is 5.69. The monoisotopic (exact) mass is 276 g/mol. The molecular weight excluding hydrogens is 256 g/mol. The summed E-state index contributed by atoms with van der Waals surface area (Å²) >= 11 is 1.76. The summed E-state index contributed by atoms with van der Waals surface area (Å²) in [5, 5.41) is 5.48. The molecule has 0 saturated carbocycles. The zero-order chi connectivity index (χ0) is 13.5. The molecule has 2 aromatic heterocycles. The summed E-state index contributed by atoms with van der Waals surface area (Å²) in [5.41, 5.74) is 1.12. The van der Waals surface area contributed by atoms with Crippen molar-refractivity contribution < 1.29 is 4.74 Å². The van der Waals surface area contributed by atoms with Crippen LogP contribution < -0.4 is 10.1 Å². The Labute approximate surface area is 118 Å². The molecule has 3 nitrogen and oxygen atoms in total. The summed E-state index contributed by atoms with van der Waals surface area (Å²) in [6.07, 6.45) is 2.71. The average molecular weight is 276 g/mol. The van der Waals surface area contributed by atoms with Crippen LogP contribution in [0.25, 0.3) is 0 Å². The van der Waals surface area contributed by atoms with E-state index in [9.17, 15) is 0 Å². The van der Waals surface area contributed by atoms with Gasteiger partial charge in [0.2, 0.25) is 5.88 Å². The minimum Gasteiger partial charge on any atom is -0.477 e. The van der Waals surface area contributed by atoms with Crippen LogP contribution in [0.15, 0.2) is 35.8 Å². The van der Waals surface area contributed by atoms with Crippen LogP contribution in [-0.2, 0) is 6.42 Å². The van der Waals surface area contributed by atoms with Crippen LogP contribution in [0.5, 0.6) is 5.88 Å². The number of nitrogens with zero attached hydrogens (tertiary/aromatic N) is 1. The molecule has 2 heterocycles. The van der Waals surface area contributed by atoms with Gasteiger partial charge in [-0.05, 0) is 31.0 Å². The number of aromatic nitrogens is 1. The normalized spacial score (nSPS) is 12.3. The highest BCUT2D eigenvalue weighted by molar-refractivity contribution is 7.09.